The Balaban J connectivity index is 2.00. The van der Waals surface area contributed by atoms with Crippen molar-refractivity contribution in [3.63, 3.8) is 0 Å². The van der Waals surface area contributed by atoms with Crippen molar-refractivity contribution in [3.8, 4) is 5.82 Å². The molecule has 0 saturated heterocycles. The van der Waals surface area contributed by atoms with Crippen molar-refractivity contribution in [2.24, 2.45) is 10.2 Å². The number of aromatic nitrogens is 6. The van der Waals surface area contributed by atoms with E-state index in [1.807, 2.05) is 12.1 Å². The molecule has 0 aliphatic carbocycles. The molecule has 3 rings (SSSR count). The van der Waals surface area contributed by atoms with Crippen LogP contribution in [-0.2, 0) is 0 Å². The molecular formula is C14H17N11. The second-order valence-corrected chi connectivity index (χ2v) is 4.70. The lowest BCUT2D eigenvalue weighted by Crippen LogP contribution is -2.04. The lowest BCUT2D eigenvalue weighted by Gasteiger charge is -2.10. The first-order valence-corrected chi connectivity index (χ1v) is 7.45. The van der Waals surface area contributed by atoms with Crippen LogP contribution in [0.1, 0.15) is 0 Å². The lowest BCUT2D eigenvalue weighted by molar-refractivity contribution is 0.837. The normalized spacial score (nSPS) is 10.8. The monoisotopic (exact) mass is 339 g/mol. The molecule has 0 saturated carbocycles. The standard InChI is InChI=1S/C14H17N11/c1-15-11-10(12(16-2)22-13(17-3)21-11)23-24-14-19-8-20-25(14)9-6-4-5-7-18-9/h4-8H,1-3H3,(H3,15,16,17,21,22). The minimum atomic E-state index is 0.292. The first kappa shape index (κ1) is 16.2. The predicted molar refractivity (Wildman–Crippen MR) is 94.0 cm³/mol. The highest BCUT2D eigenvalue weighted by atomic mass is 15.4. The number of hydrogen-bond acceptors (Lipinski definition) is 10. The quantitative estimate of drug-likeness (QED) is 0.581. The highest BCUT2D eigenvalue weighted by Gasteiger charge is 2.13. The average Bonchev–Trinajstić information content (AvgIpc) is 3.14. The van der Waals surface area contributed by atoms with Gasteiger partial charge in [0.25, 0.3) is 5.95 Å². The first-order valence-electron chi connectivity index (χ1n) is 7.45. The van der Waals surface area contributed by atoms with E-state index in [1.54, 1.807) is 33.4 Å². The third kappa shape index (κ3) is 3.34. The second kappa shape index (κ2) is 7.29. The maximum Gasteiger partial charge on any atom is 0.273 e. The number of pyridine rings is 1. The van der Waals surface area contributed by atoms with Crippen molar-refractivity contribution in [1.82, 2.24) is 29.7 Å². The molecule has 3 aromatic heterocycles. The van der Waals surface area contributed by atoms with E-state index < -0.39 is 0 Å². The molecule has 0 unspecified atom stereocenters. The van der Waals surface area contributed by atoms with Crippen molar-refractivity contribution in [2.75, 3.05) is 37.1 Å². The van der Waals surface area contributed by atoms with Crippen LogP contribution < -0.4 is 16.0 Å². The molecule has 0 aliphatic heterocycles. The Hall–Kier alpha value is -3.63. The van der Waals surface area contributed by atoms with Crippen LogP contribution in [-0.4, -0.2) is 50.9 Å². The molecule has 0 spiro atoms. The van der Waals surface area contributed by atoms with Crippen molar-refractivity contribution < 1.29 is 0 Å². The highest BCUT2D eigenvalue weighted by Crippen LogP contribution is 2.32. The Morgan fingerprint density at radius 2 is 1.68 bits per heavy atom. The summed E-state index contributed by atoms with van der Waals surface area (Å²) in [4.78, 5) is 17.0. The number of hydrogen-bond donors (Lipinski definition) is 3. The summed E-state index contributed by atoms with van der Waals surface area (Å²) < 4.78 is 1.49. The Morgan fingerprint density at radius 1 is 0.920 bits per heavy atom. The fourth-order valence-corrected chi connectivity index (χ4v) is 2.05. The SMILES string of the molecule is CNc1nc(NC)c(N=Nc2ncnn2-c2ccccn2)c(NC)n1. The van der Waals surface area contributed by atoms with Gasteiger partial charge < -0.3 is 16.0 Å². The van der Waals surface area contributed by atoms with E-state index in [9.17, 15) is 0 Å². The molecule has 3 heterocycles. The van der Waals surface area contributed by atoms with E-state index in [0.717, 1.165) is 0 Å². The molecule has 25 heavy (non-hydrogen) atoms. The molecule has 0 amide bonds. The van der Waals surface area contributed by atoms with Gasteiger partial charge in [0.1, 0.15) is 6.33 Å². The average molecular weight is 339 g/mol. The molecule has 0 bridgehead atoms. The van der Waals surface area contributed by atoms with Crippen molar-refractivity contribution in [1.29, 1.82) is 0 Å². The third-order valence-corrected chi connectivity index (χ3v) is 3.22. The molecule has 0 atom stereocenters. The van der Waals surface area contributed by atoms with Gasteiger partial charge in [0.05, 0.1) is 0 Å². The molecule has 0 radical (unpaired) electrons. The van der Waals surface area contributed by atoms with Crippen LogP contribution in [0.2, 0.25) is 0 Å². The van der Waals surface area contributed by atoms with E-state index in [4.69, 9.17) is 0 Å². The summed E-state index contributed by atoms with van der Waals surface area (Å²) in [5.41, 5.74) is 0.458. The summed E-state index contributed by atoms with van der Waals surface area (Å²) >= 11 is 0. The van der Waals surface area contributed by atoms with Crippen LogP contribution in [0.15, 0.2) is 41.0 Å². The molecule has 3 aromatic rings. The number of rotatable bonds is 6. The van der Waals surface area contributed by atoms with E-state index in [2.05, 4.69) is 51.2 Å². The molecule has 11 nitrogen and oxygen atoms in total. The number of nitrogens with zero attached hydrogens (tertiary/aromatic N) is 8. The van der Waals surface area contributed by atoms with Crippen LogP contribution >= 0.6 is 0 Å². The minimum absolute atomic E-state index is 0.292. The maximum absolute atomic E-state index is 4.32. The Morgan fingerprint density at radius 3 is 2.28 bits per heavy atom. The summed E-state index contributed by atoms with van der Waals surface area (Å²) in [5, 5.41) is 21.4. The molecule has 128 valence electrons. The van der Waals surface area contributed by atoms with Crippen molar-refractivity contribution in [3.05, 3.63) is 30.7 Å². The summed E-state index contributed by atoms with van der Waals surface area (Å²) in [6.07, 6.45) is 3.06. The second-order valence-electron chi connectivity index (χ2n) is 4.70. The van der Waals surface area contributed by atoms with E-state index in [1.165, 1.54) is 11.0 Å². The molecule has 3 N–H and O–H groups in total. The van der Waals surface area contributed by atoms with Crippen LogP contribution in [0.4, 0.5) is 29.2 Å². The van der Waals surface area contributed by atoms with Crippen molar-refractivity contribution in [2.45, 2.75) is 0 Å². The summed E-state index contributed by atoms with van der Waals surface area (Å²) in [5.74, 6) is 2.40. The Labute approximate surface area is 143 Å². The molecule has 0 aromatic carbocycles. The van der Waals surface area contributed by atoms with Crippen molar-refractivity contribution >= 4 is 29.2 Å². The fraction of sp³-hybridized carbons (Fsp3) is 0.214. The number of anilines is 3. The molecule has 0 aliphatic rings. The van der Waals surface area contributed by atoms with E-state index in [0.29, 0.717) is 35.0 Å². The van der Waals surface area contributed by atoms with Gasteiger partial charge >= 0.3 is 0 Å². The van der Waals surface area contributed by atoms with Crippen LogP contribution in [0.25, 0.3) is 5.82 Å². The smallest absolute Gasteiger partial charge is 0.273 e. The highest BCUT2D eigenvalue weighted by molar-refractivity contribution is 5.75. The van der Waals surface area contributed by atoms with E-state index >= 15 is 0 Å². The predicted octanol–water partition coefficient (Wildman–Crippen LogP) is 1.99. The van der Waals surface area contributed by atoms with Gasteiger partial charge in [-0.1, -0.05) is 6.07 Å². The zero-order chi connectivity index (χ0) is 17.6. The largest absolute Gasteiger partial charge is 0.371 e. The zero-order valence-corrected chi connectivity index (χ0v) is 14.0. The summed E-state index contributed by atoms with van der Waals surface area (Å²) in [6, 6.07) is 5.48. The molecule has 0 fully saturated rings. The van der Waals surface area contributed by atoms with Gasteiger partial charge in [-0.15, -0.1) is 10.2 Å². The lowest BCUT2D eigenvalue weighted by atomic mass is 10.4. The zero-order valence-electron chi connectivity index (χ0n) is 14.0. The summed E-state index contributed by atoms with van der Waals surface area (Å²) in [7, 11) is 5.23. The maximum atomic E-state index is 4.32. The first-order chi connectivity index (χ1) is 12.3. The molecular weight excluding hydrogens is 322 g/mol. The molecule has 11 heteroatoms. The Kier molecular flexibility index (Phi) is 4.74. The van der Waals surface area contributed by atoms with Gasteiger partial charge in [-0.25, -0.2) is 4.98 Å². The van der Waals surface area contributed by atoms with Crippen LogP contribution in [0.3, 0.4) is 0 Å². The topological polar surface area (TPSA) is 130 Å². The van der Waals surface area contributed by atoms with Gasteiger partial charge in [-0.2, -0.15) is 24.7 Å². The number of azo groups is 1. The number of nitrogens with one attached hydrogen (secondary N) is 3. The van der Waals surface area contributed by atoms with Gasteiger partial charge in [0.15, 0.2) is 23.1 Å². The Bertz CT molecular complexity index is 846. The van der Waals surface area contributed by atoms with Crippen LogP contribution in [0, 0.1) is 0 Å². The third-order valence-electron chi connectivity index (χ3n) is 3.22. The fourth-order valence-electron chi connectivity index (χ4n) is 2.05. The van der Waals surface area contributed by atoms with Gasteiger partial charge in [-0.05, 0) is 12.1 Å². The van der Waals surface area contributed by atoms with Gasteiger partial charge in [0.2, 0.25) is 5.95 Å². The van der Waals surface area contributed by atoms with Gasteiger partial charge in [0, 0.05) is 27.3 Å². The minimum Gasteiger partial charge on any atom is -0.371 e. The van der Waals surface area contributed by atoms with Crippen LogP contribution in [0.5, 0.6) is 0 Å². The van der Waals surface area contributed by atoms with E-state index in [-0.39, 0.29) is 0 Å². The summed E-state index contributed by atoms with van der Waals surface area (Å²) in [6.45, 7) is 0. The van der Waals surface area contributed by atoms with Gasteiger partial charge in [-0.3, -0.25) is 0 Å².